The number of hydrogen-bond donors (Lipinski definition) is 5. The number of hydrogen-bond acceptors (Lipinski definition) is 11. The van der Waals surface area contributed by atoms with Crippen molar-refractivity contribution >= 4 is 52.5 Å². The van der Waals surface area contributed by atoms with Crippen LogP contribution in [0.25, 0.3) is 11.2 Å². The summed E-state index contributed by atoms with van der Waals surface area (Å²) in [5, 5.41) is 20.3. The molecule has 3 aromatic rings. The first-order valence-corrected chi connectivity index (χ1v) is 11.4. The summed E-state index contributed by atoms with van der Waals surface area (Å²) in [5.74, 6) is -5.81. The molecule has 1 aromatic carbocycles. The Morgan fingerprint density at radius 3 is 2.44 bits per heavy atom. The van der Waals surface area contributed by atoms with Crippen molar-refractivity contribution in [3.8, 4) is 0 Å². The molecule has 16 heteroatoms. The minimum atomic E-state index is -1.44. The average molecular weight is 541 g/mol. The number of amides is 2. The fourth-order valence-electron chi connectivity index (χ4n) is 3.35. The number of nitrogens with two attached hydrogens (primary N) is 1. The zero-order valence-corrected chi connectivity index (χ0v) is 20.4. The number of fused-ring (bicyclic) bond motifs is 1. The monoisotopic (exact) mass is 541 g/mol. The van der Waals surface area contributed by atoms with Crippen molar-refractivity contribution in [2.45, 2.75) is 32.4 Å². The standard InChI is InChI=1S/C23H23N7O9/c1-2-39-22(38)20(35)30(10-12-9-25-17-16(26-12)19(34)29-23(24)28-17)13-5-3-11(4-6-13)18(33)27-14(21(36)37)7-8-15(31)32/h3-6,9,14H,2,7-8,10H2,1H3,(H,27,33)(H,31,32)(H,36,37)(H3,24,25,28,29,34). The van der Waals surface area contributed by atoms with E-state index in [1.54, 1.807) is 0 Å². The second-order valence-electron chi connectivity index (χ2n) is 7.94. The average Bonchev–Trinajstić information content (AvgIpc) is 2.89. The predicted octanol–water partition coefficient (Wildman–Crippen LogP) is -0.561. The summed E-state index contributed by atoms with van der Waals surface area (Å²) in [4.78, 5) is 87.3. The first kappa shape index (κ1) is 28.2. The number of anilines is 2. The number of benzene rings is 1. The van der Waals surface area contributed by atoms with Gasteiger partial charge in [-0.05, 0) is 37.6 Å². The quantitative estimate of drug-likeness (QED) is 0.160. The van der Waals surface area contributed by atoms with Gasteiger partial charge in [0.2, 0.25) is 5.95 Å². The number of ether oxygens (including phenoxy) is 1. The van der Waals surface area contributed by atoms with Crippen molar-refractivity contribution in [2.75, 3.05) is 17.2 Å². The minimum absolute atomic E-state index is 0.00422. The molecule has 0 spiro atoms. The van der Waals surface area contributed by atoms with E-state index in [9.17, 15) is 33.9 Å². The highest BCUT2D eigenvalue weighted by atomic mass is 16.5. The number of nitrogens with zero attached hydrogens (tertiary/aromatic N) is 4. The number of H-pyrrole nitrogens is 1. The lowest BCUT2D eigenvalue weighted by atomic mass is 10.1. The Morgan fingerprint density at radius 1 is 1.13 bits per heavy atom. The van der Waals surface area contributed by atoms with Gasteiger partial charge in [-0.25, -0.2) is 19.6 Å². The van der Waals surface area contributed by atoms with Crippen LogP contribution >= 0.6 is 0 Å². The number of nitrogens with one attached hydrogen (secondary N) is 2. The van der Waals surface area contributed by atoms with Crippen LogP contribution in [0.5, 0.6) is 0 Å². The summed E-state index contributed by atoms with van der Waals surface area (Å²) < 4.78 is 4.81. The first-order valence-electron chi connectivity index (χ1n) is 11.4. The van der Waals surface area contributed by atoms with Crippen LogP contribution in [-0.2, 0) is 30.5 Å². The van der Waals surface area contributed by atoms with Gasteiger partial charge < -0.3 is 26.0 Å². The summed E-state index contributed by atoms with van der Waals surface area (Å²) >= 11 is 0. The topological polar surface area (TPSA) is 248 Å². The van der Waals surface area contributed by atoms with E-state index in [4.69, 9.17) is 15.6 Å². The molecule has 2 amide bonds. The highest BCUT2D eigenvalue weighted by molar-refractivity contribution is 6.38. The maximum absolute atomic E-state index is 12.9. The Kier molecular flexibility index (Phi) is 8.82. The van der Waals surface area contributed by atoms with Gasteiger partial charge in [-0.3, -0.25) is 29.1 Å². The van der Waals surface area contributed by atoms with E-state index >= 15 is 0 Å². The maximum Gasteiger partial charge on any atom is 0.397 e. The summed E-state index contributed by atoms with van der Waals surface area (Å²) in [6.07, 6.45) is 0.451. The van der Waals surface area contributed by atoms with E-state index in [-0.39, 0.29) is 53.6 Å². The van der Waals surface area contributed by atoms with Gasteiger partial charge in [-0.15, -0.1) is 0 Å². The highest BCUT2D eigenvalue weighted by Crippen LogP contribution is 2.19. The molecule has 6 N–H and O–H groups in total. The maximum atomic E-state index is 12.9. The third-order valence-electron chi connectivity index (χ3n) is 5.19. The molecule has 0 fully saturated rings. The fraction of sp³-hybridized carbons (Fsp3) is 0.261. The van der Waals surface area contributed by atoms with Crippen molar-refractivity contribution < 1.29 is 38.9 Å². The third-order valence-corrected chi connectivity index (χ3v) is 5.19. The highest BCUT2D eigenvalue weighted by Gasteiger charge is 2.27. The van der Waals surface area contributed by atoms with Crippen LogP contribution in [0.15, 0.2) is 35.3 Å². The van der Waals surface area contributed by atoms with Crippen molar-refractivity contribution in [1.29, 1.82) is 0 Å². The van der Waals surface area contributed by atoms with Crippen LogP contribution in [0.4, 0.5) is 11.6 Å². The van der Waals surface area contributed by atoms with Crippen LogP contribution in [0, 0.1) is 0 Å². The molecule has 204 valence electrons. The lowest BCUT2D eigenvalue weighted by Gasteiger charge is -2.22. The van der Waals surface area contributed by atoms with Crippen LogP contribution in [0.1, 0.15) is 35.8 Å². The summed E-state index contributed by atoms with van der Waals surface area (Å²) in [6.45, 7) is 1.12. The number of nitrogen functional groups attached to an aromatic ring is 1. The van der Waals surface area contributed by atoms with E-state index in [1.165, 1.54) is 37.4 Å². The number of carbonyl (C=O) groups is 5. The molecule has 1 atom stereocenters. The van der Waals surface area contributed by atoms with Gasteiger partial charge in [0, 0.05) is 17.7 Å². The lowest BCUT2D eigenvalue weighted by Crippen LogP contribution is -2.41. The summed E-state index contributed by atoms with van der Waals surface area (Å²) in [7, 11) is 0. The van der Waals surface area contributed by atoms with Crippen LogP contribution in [-0.4, -0.2) is 72.5 Å². The lowest BCUT2D eigenvalue weighted by molar-refractivity contribution is -0.153. The molecule has 16 nitrogen and oxygen atoms in total. The van der Waals surface area contributed by atoms with Crippen LogP contribution in [0.2, 0.25) is 0 Å². The van der Waals surface area contributed by atoms with Gasteiger partial charge in [0.1, 0.15) is 6.04 Å². The summed E-state index contributed by atoms with van der Waals surface area (Å²) in [5.41, 5.74) is 4.93. The number of rotatable bonds is 10. The van der Waals surface area contributed by atoms with Gasteiger partial charge >= 0.3 is 23.8 Å². The molecular weight excluding hydrogens is 518 g/mol. The summed E-state index contributed by atoms with van der Waals surface area (Å²) in [6, 6.07) is 3.76. The van der Waals surface area contributed by atoms with E-state index < -0.39 is 47.7 Å². The molecule has 3 rings (SSSR count). The number of aliphatic carboxylic acids is 2. The molecule has 39 heavy (non-hydrogen) atoms. The van der Waals surface area contributed by atoms with E-state index in [2.05, 4.69) is 25.3 Å². The number of carbonyl (C=O) groups excluding carboxylic acids is 3. The van der Waals surface area contributed by atoms with Crippen molar-refractivity contribution in [3.05, 3.63) is 52.1 Å². The number of aromatic amines is 1. The van der Waals surface area contributed by atoms with E-state index in [0.29, 0.717) is 0 Å². The normalized spacial score (nSPS) is 11.4. The number of carboxylic acid groups (broad SMARTS) is 2. The Morgan fingerprint density at radius 2 is 1.82 bits per heavy atom. The smallest absolute Gasteiger partial charge is 0.397 e. The molecule has 0 radical (unpaired) electrons. The van der Waals surface area contributed by atoms with Gasteiger partial charge in [-0.1, -0.05) is 0 Å². The van der Waals surface area contributed by atoms with E-state index in [0.717, 1.165) is 4.90 Å². The number of esters is 1. The SMILES string of the molecule is CCOC(=O)C(=O)N(Cc1cnc2nc(N)[nH]c(=O)c2n1)c1ccc(C(=O)NC(CCC(=O)O)C(=O)O)cc1. The largest absolute Gasteiger partial charge is 0.481 e. The fourth-order valence-corrected chi connectivity index (χ4v) is 3.35. The van der Waals surface area contributed by atoms with Crippen molar-refractivity contribution in [2.24, 2.45) is 0 Å². The molecule has 1 unspecified atom stereocenters. The Labute approximate surface area is 218 Å². The Bertz CT molecular complexity index is 1490. The molecule has 0 aliphatic rings. The zero-order valence-electron chi connectivity index (χ0n) is 20.4. The molecule has 2 aromatic heterocycles. The second-order valence-corrected chi connectivity index (χ2v) is 7.94. The van der Waals surface area contributed by atoms with Gasteiger partial charge in [0.15, 0.2) is 11.2 Å². The number of aromatic nitrogens is 4. The molecule has 0 bridgehead atoms. The Hall–Kier alpha value is -5.41. The zero-order chi connectivity index (χ0) is 28.7. The second kappa shape index (κ2) is 12.2. The molecule has 0 saturated carbocycles. The van der Waals surface area contributed by atoms with Crippen molar-refractivity contribution in [1.82, 2.24) is 25.3 Å². The van der Waals surface area contributed by atoms with E-state index in [1.807, 2.05) is 0 Å². The Balaban J connectivity index is 1.88. The molecule has 0 saturated heterocycles. The molecule has 2 heterocycles. The van der Waals surface area contributed by atoms with Crippen molar-refractivity contribution in [3.63, 3.8) is 0 Å². The third kappa shape index (κ3) is 7.09. The molecule has 0 aliphatic heterocycles. The minimum Gasteiger partial charge on any atom is -0.481 e. The van der Waals surface area contributed by atoms with Gasteiger partial charge in [0.25, 0.3) is 11.5 Å². The number of carboxylic acids is 2. The van der Waals surface area contributed by atoms with Gasteiger partial charge in [-0.2, -0.15) is 4.98 Å². The van der Waals surface area contributed by atoms with Gasteiger partial charge in [0.05, 0.1) is 25.0 Å². The van der Waals surface area contributed by atoms with Crippen LogP contribution < -0.4 is 21.5 Å². The molecular formula is C23H23N7O9. The predicted molar refractivity (Wildman–Crippen MR) is 132 cm³/mol. The van der Waals surface area contributed by atoms with Crippen LogP contribution in [0.3, 0.4) is 0 Å². The molecule has 0 aliphatic carbocycles. The first-order chi connectivity index (χ1) is 18.5.